The maximum absolute atomic E-state index is 12.7. The standard InChI is InChI=1S/C39H57NO3.2H2/c1-9-11-13-15-16-17-18-19-20-21-22-23-24-26-29-39(8,40-37(42)27-25-14-12-10-2)30-28-36-33(5)31(3)32(4)34(6)38(36)43-35(7)41;;/h2H,9,11,13,15-24,26,28-30H2,1,3-8H3,(H,40,42);2*1H. The predicted octanol–water partition coefficient (Wildman–Crippen LogP) is 9.66. The largest absolute Gasteiger partial charge is 0.426 e. The van der Waals surface area contributed by atoms with Crippen molar-refractivity contribution in [2.75, 3.05) is 0 Å². The molecule has 0 bridgehead atoms. The average Bonchev–Trinajstić information content (AvgIpc) is 2.96. The maximum atomic E-state index is 12.7. The Kier molecular flexibility index (Phi) is 18.9. The number of rotatable bonds is 20. The molecule has 0 saturated heterocycles. The van der Waals surface area contributed by atoms with Gasteiger partial charge in [-0.3, -0.25) is 9.59 Å². The molecule has 1 amide bonds. The minimum atomic E-state index is -0.463. The lowest BCUT2D eigenvalue weighted by Gasteiger charge is -2.31. The molecule has 1 aromatic carbocycles. The molecule has 43 heavy (non-hydrogen) atoms. The van der Waals surface area contributed by atoms with Gasteiger partial charge >= 0.3 is 5.97 Å². The van der Waals surface area contributed by atoms with Crippen molar-refractivity contribution in [3.63, 3.8) is 0 Å². The summed E-state index contributed by atoms with van der Waals surface area (Å²) in [4.78, 5) is 24.7. The first-order chi connectivity index (χ1) is 20.6. The van der Waals surface area contributed by atoms with E-state index in [9.17, 15) is 9.59 Å². The van der Waals surface area contributed by atoms with Gasteiger partial charge in [0.1, 0.15) is 5.75 Å². The molecular formula is C39H61NO3. The zero-order valence-electron chi connectivity index (χ0n) is 28.3. The molecule has 1 unspecified atom stereocenters. The fourth-order valence-electron chi connectivity index (χ4n) is 5.76. The molecule has 1 rings (SSSR count). The van der Waals surface area contributed by atoms with E-state index in [1.807, 2.05) is 6.92 Å². The van der Waals surface area contributed by atoms with Crippen molar-refractivity contribution >= 4 is 11.9 Å². The maximum Gasteiger partial charge on any atom is 0.308 e. The molecule has 0 radical (unpaired) electrons. The van der Waals surface area contributed by atoms with Crippen LogP contribution < -0.4 is 10.1 Å². The van der Waals surface area contributed by atoms with Gasteiger partial charge in [0.05, 0.1) is 0 Å². The molecule has 0 fully saturated rings. The third kappa shape index (κ3) is 15.2. The van der Waals surface area contributed by atoms with Crippen LogP contribution in [-0.4, -0.2) is 17.4 Å². The molecule has 4 heteroatoms. The lowest BCUT2D eigenvalue weighted by Crippen LogP contribution is -2.46. The van der Waals surface area contributed by atoms with E-state index < -0.39 is 5.54 Å². The van der Waals surface area contributed by atoms with Crippen molar-refractivity contribution in [1.29, 1.82) is 0 Å². The van der Waals surface area contributed by atoms with Crippen LogP contribution in [-0.2, 0) is 16.0 Å². The Bertz CT molecular complexity index is 1210. The Morgan fingerprint density at radius 3 is 1.77 bits per heavy atom. The van der Waals surface area contributed by atoms with Gasteiger partial charge in [-0.1, -0.05) is 96.8 Å². The summed E-state index contributed by atoms with van der Waals surface area (Å²) in [5, 5.41) is 3.17. The highest BCUT2D eigenvalue weighted by Crippen LogP contribution is 2.35. The zero-order valence-corrected chi connectivity index (χ0v) is 28.3. The number of unbranched alkanes of at least 4 members (excludes halogenated alkanes) is 13. The van der Waals surface area contributed by atoms with Crippen molar-refractivity contribution in [3.8, 4) is 41.8 Å². The predicted molar refractivity (Wildman–Crippen MR) is 185 cm³/mol. The van der Waals surface area contributed by atoms with E-state index >= 15 is 0 Å². The Morgan fingerprint density at radius 2 is 1.26 bits per heavy atom. The van der Waals surface area contributed by atoms with Crippen molar-refractivity contribution in [3.05, 3.63) is 27.8 Å². The normalized spacial score (nSPS) is 11.8. The van der Waals surface area contributed by atoms with Crippen LogP contribution in [0.25, 0.3) is 0 Å². The van der Waals surface area contributed by atoms with E-state index in [1.54, 1.807) is 0 Å². The molecule has 0 heterocycles. The highest BCUT2D eigenvalue weighted by Gasteiger charge is 2.27. The van der Waals surface area contributed by atoms with Crippen LogP contribution in [0.4, 0.5) is 0 Å². The average molecular weight is 592 g/mol. The van der Waals surface area contributed by atoms with Gasteiger partial charge in [0.15, 0.2) is 0 Å². The van der Waals surface area contributed by atoms with Gasteiger partial charge in [-0.25, -0.2) is 0 Å². The van der Waals surface area contributed by atoms with Crippen molar-refractivity contribution in [1.82, 2.24) is 5.32 Å². The SMILES string of the molecule is C#CC#CC#CC(=O)NC(C)(CCCCCCCCCCCCCCCC)CCc1c(C)c(C)c(C)c(C)c1OC(C)=O.[HH].[HH]. The van der Waals surface area contributed by atoms with Gasteiger partial charge in [0.2, 0.25) is 0 Å². The smallest absolute Gasteiger partial charge is 0.308 e. The van der Waals surface area contributed by atoms with Gasteiger partial charge in [-0.05, 0) is 105 Å². The second kappa shape index (κ2) is 21.5. The van der Waals surface area contributed by atoms with Gasteiger partial charge in [-0.15, -0.1) is 6.42 Å². The van der Waals surface area contributed by atoms with E-state index in [0.717, 1.165) is 41.5 Å². The summed E-state index contributed by atoms with van der Waals surface area (Å²) in [6.45, 7) is 14.1. The number of nitrogens with one attached hydrogen (secondary N) is 1. The number of carbonyl (C=O) groups excluding carboxylic acids is 2. The molecule has 1 aromatic rings. The second-order valence-corrected chi connectivity index (χ2v) is 12.4. The van der Waals surface area contributed by atoms with Crippen LogP contribution in [0.5, 0.6) is 5.75 Å². The van der Waals surface area contributed by atoms with Crippen LogP contribution in [0.2, 0.25) is 0 Å². The van der Waals surface area contributed by atoms with E-state index in [4.69, 9.17) is 11.2 Å². The van der Waals surface area contributed by atoms with Crippen LogP contribution >= 0.6 is 0 Å². The lowest BCUT2D eigenvalue weighted by molar-refractivity contribution is -0.132. The number of ether oxygens (including phenoxy) is 1. The minimum Gasteiger partial charge on any atom is -0.426 e. The molecule has 0 aliphatic rings. The van der Waals surface area contributed by atoms with Crippen LogP contribution in [0, 0.1) is 63.7 Å². The first-order valence-electron chi connectivity index (χ1n) is 16.6. The second-order valence-electron chi connectivity index (χ2n) is 12.4. The zero-order chi connectivity index (χ0) is 32.1. The summed E-state index contributed by atoms with van der Waals surface area (Å²) in [6, 6.07) is 0. The summed E-state index contributed by atoms with van der Waals surface area (Å²) in [5.41, 5.74) is 5.04. The number of carbonyl (C=O) groups is 2. The molecular weight excluding hydrogens is 530 g/mol. The number of benzene rings is 1. The molecule has 0 aromatic heterocycles. The Hall–Kier alpha value is -3.16. The molecule has 240 valence electrons. The molecule has 0 aliphatic carbocycles. The summed E-state index contributed by atoms with van der Waals surface area (Å²) in [7, 11) is 0. The highest BCUT2D eigenvalue weighted by molar-refractivity contribution is 5.94. The fourth-order valence-corrected chi connectivity index (χ4v) is 5.76. The molecule has 0 saturated carbocycles. The Labute approximate surface area is 266 Å². The van der Waals surface area contributed by atoms with Crippen molar-refractivity contribution in [2.24, 2.45) is 0 Å². The Morgan fingerprint density at radius 1 is 0.744 bits per heavy atom. The Balaban J connectivity index is 0. The fraction of sp³-hybridized carbons (Fsp3) is 0.641. The number of esters is 1. The number of hydrogen-bond donors (Lipinski definition) is 1. The van der Waals surface area contributed by atoms with Gasteiger partial charge in [0.25, 0.3) is 5.91 Å². The number of amides is 1. The third-order valence-electron chi connectivity index (χ3n) is 8.80. The molecule has 0 aliphatic heterocycles. The monoisotopic (exact) mass is 591 g/mol. The summed E-state index contributed by atoms with van der Waals surface area (Å²) in [5.74, 6) is 12.2. The van der Waals surface area contributed by atoms with Crippen LogP contribution in [0.3, 0.4) is 0 Å². The van der Waals surface area contributed by atoms with E-state index in [0.29, 0.717) is 18.6 Å². The van der Waals surface area contributed by atoms with Gasteiger partial charge < -0.3 is 10.1 Å². The number of hydrogen-bond acceptors (Lipinski definition) is 3. The lowest BCUT2D eigenvalue weighted by atomic mass is 9.84. The first-order valence-corrected chi connectivity index (χ1v) is 16.6. The summed E-state index contributed by atoms with van der Waals surface area (Å²) >= 11 is 0. The minimum absolute atomic E-state index is 0. The van der Waals surface area contributed by atoms with Gasteiger partial charge in [-0.2, -0.15) is 0 Å². The molecule has 0 spiro atoms. The van der Waals surface area contributed by atoms with E-state index in [1.165, 1.54) is 89.5 Å². The highest BCUT2D eigenvalue weighted by atomic mass is 16.5. The molecule has 1 atom stereocenters. The first kappa shape index (κ1) is 37.9. The molecule has 1 N–H and O–H groups in total. The van der Waals surface area contributed by atoms with E-state index in [-0.39, 0.29) is 14.7 Å². The van der Waals surface area contributed by atoms with Crippen LogP contribution in [0.1, 0.15) is 154 Å². The number of terminal acetylenes is 1. The van der Waals surface area contributed by atoms with Gasteiger partial charge in [0, 0.05) is 21.2 Å². The topological polar surface area (TPSA) is 55.4 Å². The molecule has 4 nitrogen and oxygen atoms in total. The summed E-state index contributed by atoms with van der Waals surface area (Å²) in [6.07, 6.45) is 25.7. The van der Waals surface area contributed by atoms with Crippen molar-refractivity contribution < 1.29 is 17.2 Å². The van der Waals surface area contributed by atoms with Crippen LogP contribution in [0.15, 0.2) is 0 Å². The third-order valence-corrected chi connectivity index (χ3v) is 8.80. The summed E-state index contributed by atoms with van der Waals surface area (Å²) < 4.78 is 5.72. The van der Waals surface area contributed by atoms with Crippen molar-refractivity contribution in [2.45, 2.75) is 163 Å². The quantitative estimate of drug-likeness (QED) is 0.0711. The van der Waals surface area contributed by atoms with E-state index in [2.05, 4.69) is 69.5 Å².